The summed E-state index contributed by atoms with van der Waals surface area (Å²) in [6.45, 7) is 4.56. The Bertz CT molecular complexity index is 455. The highest BCUT2D eigenvalue weighted by Crippen LogP contribution is 2.20. The molecule has 3 atom stereocenters. The van der Waals surface area contributed by atoms with Gasteiger partial charge in [-0.15, -0.1) is 0 Å². The molecule has 138 valence electrons. The van der Waals surface area contributed by atoms with Crippen molar-refractivity contribution in [3.8, 4) is 0 Å². The molecule has 1 heterocycles. The fourth-order valence-electron chi connectivity index (χ4n) is 2.81. The van der Waals surface area contributed by atoms with Gasteiger partial charge in [-0.25, -0.2) is 4.79 Å². The Morgan fingerprint density at radius 2 is 1.96 bits per heavy atom. The lowest BCUT2D eigenvalue weighted by Crippen LogP contribution is -2.55. The van der Waals surface area contributed by atoms with E-state index >= 15 is 0 Å². The number of nitrogens with zero attached hydrogens (tertiary/aromatic N) is 1. The molecule has 0 saturated carbocycles. The normalized spacial score (nSPS) is 20.0. The van der Waals surface area contributed by atoms with Gasteiger partial charge in [-0.2, -0.15) is 0 Å². The maximum Gasteiger partial charge on any atom is 0.326 e. The molecule has 1 rings (SSSR count). The first kappa shape index (κ1) is 20.4. The van der Waals surface area contributed by atoms with Crippen LogP contribution < -0.4 is 16.8 Å². The average molecular weight is 342 g/mol. The number of likely N-dealkylation sites (tertiary alicyclic amines) is 1. The van der Waals surface area contributed by atoms with E-state index < -0.39 is 24.1 Å². The van der Waals surface area contributed by atoms with Crippen LogP contribution in [-0.4, -0.2) is 59.0 Å². The number of nitrogens with two attached hydrogens (primary N) is 2. The van der Waals surface area contributed by atoms with Crippen molar-refractivity contribution in [3.63, 3.8) is 0 Å². The minimum Gasteiger partial charge on any atom is -0.480 e. The Hall–Kier alpha value is -1.67. The number of hydrogen-bond donors (Lipinski definition) is 4. The minimum atomic E-state index is -1.01. The minimum absolute atomic E-state index is 0.0525. The first-order chi connectivity index (χ1) is 11.3. The molecule has 8 nitrogen and oxygen atoms in total. The summed E-state index contributed by atoms with van der Waals surface area (Å²) >= 11 is 0. The number of rotatable bonds is 9. The SMILES string of the molecule is CC(C)[C@H](N)C(=O)N[C@@H](CCCCN)C(=O)N1CCC[C@H]1C(=O)O. The third-order valence-electron chi connectivity index (χ3n) is 4.40. The molecule has 1 aliphatic rings. The molecule has 0 radical (unpaired) electrons. The molecule has 1 saturated heterocycles. The van der Waals surface area contributed by atoms with Gasteiger partial charge in [0, 0.05) is 6.54 Å². The van der Waals surface area contributed by atoms with Crippen molar-refractivity contribution in [1.82, 2.24) is 10.2 Å². The highest BCUT2D eigenvalue weighted by Gasteiger charge is 2.37. The zero-order valence-corrected chi connectivity index (χ0v) is 14.5. The van der Waals surface area contributed by atoms with E-state index in [1.807, 2.05) is 13.8 Å². The number of carbonyl (C=O) groups excluding carboxylic acids is 2. The van der Waals surface area contributed by atoms with Crippen LogP contribution in [0.4, 0.5) is 0 Å². The second-order valence-corrected chi connectivity index (χ2v) is 6.64. The summed E-state index contributed by atoms with van der Waals surface area (Å²) < 4.78 is 0. The lowest BCUT2D eigenvalue weighted by Gasteiger charge is -2.28. The smallest absolute Gasteiger partial charge is 0.326 e. The van der Waals surface area contributed by atoms with Gasteiger partial charge < -0.3 is 26.8 Å². The Labute approximate surface area is 142 Å². The lowest BCUT2D eigenvalue weighted by atomic mass is 10.0. The number of unbranched alkanes of at least 4 members (excludes halogenated alkanes) is 1. The van der Waals surface area contributed by atoms with E-state index in [1.165, 1.54) is 4.90 Å². The third-order valence-corrected chi connectivity index (χ3v) is 4.40. The van der Waals surface area contributed by atoms with Gasteiger partial charge in [0.1, 0.15) is 12.1 Å². The van der Waals surface area contributed by atoms with Crippen molar-refractivity contribution in [3.05, 3.63) is 0 Å². The largest absolute Gasteiger partial charge is 0.480 e. The van der Waals surface area contributed by atoms with Crippen LogP contribution in [0.15, 0.2) is 0 Å². The van der Waals surface area contributed by atoms with E-state index in [0.717, 1.165) is 6.42 Å². The van der Waals surface area contributed by atoms with Crippen LogP contribution in [0.25, 0.3) is 0 Å². The van der Waals surface area contributed by atoms with Gasteiger partial charge in [0.05, 0.1) is 6.04 Å². The van der Waals surface area contributed by atoms with Crippen LogP contribution >= 0.6 is 0 Å². The average Bonchev–Trinajstić information content (AvgIpc) is 3.02. The van der Waals surface area contributed by atoms with Crippen molar-refractivity contribution in [2.75, 3.05) is 13.1 Å². The first-order valence-corrected chi connectivity index (χ1v) is 8.58. The Morgan fingerprint density at radius 3 is 2.50 bits per heavy atom. The highest BCUT2D eigenvalue weighted by atomic mass is 16.4. The monoisotopic (exact) mass is 342 g/mol. The second-order valence-electron chi connectivity index (χ2n) is 6.64. The summed E-state index contributed by atoms with van der Waals surface area (Å²) in [4.78, 5) is 37.6. The summed E-state index contributed by atoms with van der Waals surface area (Å²) in [5.41, 5.74) is 11.3. The molecule has 0 aromatic heterocycles. The first-order valence-electron chi connectivity index (χ1n) is 8.58. The predicted molar refractivity (Wildman–Crippen MR) is 90.0 cm³/mol. The zero-order chi connectivity index (χ0) is 18.3. The van der Waals surface area contributed by atoms with Crippen molar-refractivity contribution in [2.45, 2.75) is 64.1 Å². The van der Waals surface area contributed by atoms with Crippen molar-refractivity contribution < 1.29 is 19.5 Å². The van der Waals surface area contributed by atoms with Crippen molar-refractivity contribution in [1.29, 1.82) is 0 Å². The highest BCUT2D eigenvalue weighted by molar-refractivity contribution is 5.92. The Balaban J connectivity index is 2.81. The zero-order valence-electron chi connectivity index (χ0n) is 14.5. The number of aliphatic carboxylic acids is 1. The Kier molecular flexibility index (Phi) is 8.14. The summed E-state index contributed by atoms with van der Waals surface area (Å²) in [6, 6.07) is -2.28. The van der Waals surface area contributed by atoms with E-state index in [-0.39, 0.29) is 17.7 Å². The molecule has 6 N–H and O–H groups in total. The quantitative estimate of drug-likeness (QED) is 0.423. The van der Waals surface area contributed by atoms with Gasteiger partial charge in [0.2, 0.25) is 11.8 Å². The number of carboxylic acid groups (broad SMARTS) is 1. The summed E-state index contributed by atoms with van der Waals surface area (Å²) in [6.07, 6.45) is 2.93. The van der Waals surface area contributed by atoms with E-state index in [9.17, 15) is 19.5 Å². The van der Waals surface area contributed by atoms with Crippen LogP contribution in [-0.2, 0) is 14.4 Å². The second kappa shape index (κ2) is 9.58. The van der Waals surface area contributed by atoms with Gasteiger partial charge in [0.25, 0.3) is 0 Å². The predicted octanol–water partition coefficient (Wildman–Crippen LogP) is -0.341. The van der Waals surface area contributed by atoms with E-state index in [1.54, 1.807) is 0 Å². The molecule has 0 aromatic rings. The number of carboxylic acids is 1. The molecule has 8 heteroatoms. The number of carbonyl (C=O) groups is 3. The van der Waals surface area contributed by atoms with Crippen LogP contribution in [0.1, 0.15) is 46.0 Å². The standard InChI is InChI=1S/C16H30N4O4/c1-10(2)13(18)14(21)19-11(6-3-4-8-17)15(22)20-9-5-7-12(20)16(23)24/h10-13H,3-9,17-18H2,1-2H3,(H,19,21)(H,23,24)/t11-,12-,13-/m0/s1. The van der Waals surface area contributed by atoms with Gasteiger partial charge in [-0.05, 0) is 44.6 Å². The molecule has 1 aliphatic heterocycles. The van der Waals surface area contributed by atoms with Gasteiger partial charge >= 0.3 is 5.97 Å². The summed E-state index contributed by atoms with van der Waals surface area (Å²) in [5, 5.41) is 12.0. The topological polar surface area (TPSA) is 139 Å². The maximum atomic E-state index is 12.8. The molecule has 1 fully saturated rings. The maximum absolute atomic E-state index is 12.8. The summed E-state index contributed by atoms with van der Waals surface area (Å²) in [5.74, 6) is -1.79. The van der Waals surface area contributed by atoms with Gasteiger partial charge in [0.15, 0.2) is 0 Å². The van der Waals surface area contributed by atoms with Crippen LogP contribution in [0.2, 0.25) is 0 Å². The molecular formula is C16H30N4O4. The number of nitrogens with one attached hydrogen (secondary N) is 1. The van der Waals surface area contributed by atoms with E-state index in [0.29, 0.717) is 38.8 Å². The van der Waals surface area contributed by atoms with Crippen LogP contribution in [0.5, 0.6) is 0 Å². The molecule has 0 aliphatic carbocycles. The van der Waals surface area contributed by atoms with Crippen molar-refractivity contribution in [2.24, 2.45) is 17.4 Å². The molecule has 0 bridgehead atoms. The molecule has 0 unspecified atom stereocenters. The molecule has 0 aromatic carbocycles. The van der Waals surface area contributed by atoms with E-state index in [2.05, 4.69) is 5.32 Å². The summed E-state index contributed by atoms with van der Waals surface area (Å²) in [7, 11) is 0. The van der Waals surface area contributed by atoms with Crippen LogP contribution in [0.3, 0.4) is 0 Å². The molecule has 2 amide bonds. The third kappa shape index (κ3) is 5.45. The fourth-order valence-corrected chi connectivity index (χ4v) is 2.81. The number of hydrogen-bond acceptors (Lipinski definition) is 5. The molecule has 0 spiro atoms. The van der Waals surface area contributed by atoms with Crippen molar-refractivity contribution >= 4 is 17.8 Å². The molecule has 24 heavy (non-hydrogen) atoms. The fraction of sp³-hybridized carbons (Fsp3) is 0.812. The molecular weight excluding hydrogens is 312 g/mol. The van der Waals surface area contributed by atoms with Gasteiger partial charge in [-0.1, -0.05) is 13.8 Å². The van der Waals surface area contributed by atoms with Crippen LogP contribution in [0, 0.1) is 5.92 Å². The Morgan fingerprint density at radius 1 is 1.29 bits per heavy atom. The lowest BCUT2D eigenvalue weighted by molar-refractivity contribution is -0.149. The number of amides is 2. The van der Waals surface area contributed by atoms with Gasteiger partial charge in [-0.3, -0.25) is 9.59 Å². The van der Waals surface area contributed by atoms with E-state index in [4.69, 9.17) is 11.5 Å².